The summed E-state index contributed by atoms with van der Waals surface area (Å²) in [5.74, 6) is -0.0911. The van der Waals surface area contributed by atoms with E-state index >= 15 is 0 Å². The number of benzene rings is 2. The topological polar surface area (TPSA) is 59.0 Å². The molecule has 3 heterocycles. The number of hydrogen-bond acceptors (Lipinski definition) is 3. The molecule has 1 aliphatic carbocycles. The summed E-state index contributed by atoms with van der Waals surface area (Å²) in [5, 5.41) is 7.65. The zero-order chi connectivity index (χ0) is 20.1. The number of carbonyl (C=O) groups is 1. The molecule has 2 aliphatic rings. The van der Waals surface area contributed by atoms with Crippen LogP contribution in [0.3, 0.4) is 0 Å². The standard InChI is InChI=1S/C25H22N4O/c30-25-19-10-9-16(13-23(19)27-21-7-3-4-8-22(21)28-25)20-15-29(17-5-1-2-6-17)24-14-26-12-11-18(20)24/h3-4,7-15,17,27H,1-2,5-6H2,(H,28,30). The van der Waals surface area contributed by atoms with Crippen molar-refractivity contribution in [3.05, 3.63) is 72.7 Å². The zero-order valence-corrected chi connectivity index (χ0v) is 16.6. The van der Waals surface area contributed by atoms with Gasteiger partial charge in [-0.3, -0.25) is 9.78 Å². The van der Waals surface area contributed by atoms with E-state index < -0.39 is 0 Å². The second-order valence-electron chi connectivity index (χ2n) is 8.17. The van der Waals surface area contributed by atoms with Crippen molar-refractivity contribution >= 4 is 33.9 Å². The monoisotopic (exact) mass is 394 g/mol. The van der Waals surface area contributed by atoms with E-state index in [1.54, 1.807) is 0 Å². The van der Waals surface area contributed by atoms with Crippen LogP contribution in [-0.2, 0) is 0 Å². The molecule has 5 nitrogen and oxygen atoms in total. The number of aromatic nitrogens is 2. The highest BCUT2D eigenvalue weighted by Crippen LogP contribution is 2.39. The second kappa shape index (κ2) is 6.73. The fourth-order valence-electron chi connectivity index (χ4n) is 4.86. The van der Waals surface area contributed by atoms with Crippen LogP contribution in [-0.4, -0.2) is 15.5 Å². The van der Waals surface area contributed by atoms with Gasteiger partial charge in [0.2, 0.25) is 0 Å². The van der Waals surface area contributed by atoms with Crippen LogP contribution in [0.2, 0.25) is 0 Å². The van der Waals surface area contributed by atoms with Crippen molar-refractivity contribution in [3.63, 3.8) is 0 Å². The number of carbonyl (C=O) groups excluding carboxylic acids is 1. The minimum atomic E-state index is -0.0911. The Morgan fingerprint density at radius 2 is 1.70 bits per heavy atom. The number of rotatable bonds is 2. The number of hydrogen-bond donors (Lipinski definition) is 2. The van der Waals surface area contributed by atoms with Crippen molar-refractivity contribution in [2.45, 2.75) is 31.7 Å². The lowest BCUT2D eigenvalue weighted by atomic mass is 10.0. The van der Waals surface area contributed by atoms with Gasteiger partial charge in [-0.25, -0.2) is 0 Å². The quantitative estimate of drug-likeness (QED) is 0.430. The predicted molar refractivity (Wildman–Crippen MR) is 120 cm³/mol. The first kappa shape index (κ1) is 17.3. The first-order chi connectivity index (χ1) is 14.8. The summed E-state index contributed by atoms with van der Waals surface area (Å²) in [6.45, 7) is 0. The van der Waals surface area contributed by atoms with E-state index in [4.69, 9.17) is 0 Å². The van der Waals surface area contributed by atoms with E-state index in [2.05, 4.69) is 38.5 Å². The summed E-state index contributed by atoms with van der Waals surface area (Å²) in [4.78, 5) is 17.1. The summed E-state index contributed by atoms with van der Waals surface area (Å²) in [6.07, 6.45) is 11.1. The van der Waals surface area contributed by atoms with E-state index in [1.807, 2.05) is 48.8 Å². The lowest BCUT2D eigenvalue weighted by molar-refractivity contribution is 0.102. The first-order valence-electron chi connectivity index (χ1n) is 10.5. The van der Waals surface area contributed by atoms with E-state index in [-0.39, 0.29) is 5.91 Å². The first-order valence-corrected chi connectivity index (χ1v) is 10.5. The Hall–Kier alpha value is -3.60. The average molecular weight is 394 g/mol. The summed E-state index contributed by atoms with van der Waals surface area (Å²) >= 11 is 0. The molecule has 1 amide bonds. The lowest BCUT2D eigenvalue weighted by Crippen LogP contribution is -2.10. The summed E-state index contributed by atoms with van der Waals surface area (Å²) in [6, 6.07) is 16.5. The van der Waals surface area contributed by atoms with Crippen molar-refractivity contribution in [2.75, 3.05) is 10.6 Å². The third-order valence-corrected chi connectivity index (χ3v) is 6.37. The van der Waals surface area contributed by atoms with Gasteiger partial charge in [0, 0.05) is 29.4 Å². The molecule has 0 saturated heterocycles. The smallest absolute Gasteiger partial charge is 0.257 e. The van der Waals surface area contributed by atoms with Crippen LogP contribution in [0.5, 0.6) is 0 Å². The van der Waals surface area contributed by atoms with Gasteiger partial charge in [0.05, 0.1) is 34.3 Å². The van der Waals surface area contributed by atoms with Gasteiger partial charge in [-0.05, 0) is 48.7 Å². The van der Waals surface area contributed by atoms with Crippen LogP contribution in [0.25, 0.3) is 22.0 Å². The molecule has 0 unspecified atom stereocenters. The maximum absolute atomic E-state index is 12.7. The van der Waals surface area contributed by atoms with Gasteiger partial charge in [-0.1, -0.05) is 31.0 Å². The molecule has 0 bridgehead atoms. The molecule has 2 N–H and O–H groups in total. The molecule has 0 spiro atoms. The molecule has 2 aromatic carbocycles. The third kappa shape index (κ3) is 2.70. The van der Waals surface area contributed by atoms with Crippen molar-refractivity contribution in [1.82, 2.24) is 9.55 Å². The minimum absolute atomic E-state index is 0.0911. The van der Waals surface area contributed by atoms with Crippen LogP contribution in [0.15, 0.2) is 67.1 Å². The Kier molecular flexibility index (Phi) is 3.88. The Bertz CT molecular complexity index is 1280. The van der Waals surface area contributed by atoms with Gasteiger partial charge in [0.1, 0.15) is 0 Å². The largest absolute Gasteiger partial charge is 0.353 e. The Labute approximate surface area is 174 Å². The molecule has 5 heteroatoms. The third-order valence-electron chi connectivity index (χ3n) is 6.37. The van der Waals surface area contributed by atoms with Crippen LogP contribution in [0, 0.1) is 0 Å². The number of fused-ring (bicyclic) bond motifs is 3. The lowest BCUT2D eigenvalue weighted by Gasteiger charge is -2.12. The van der Waals surface area contributed by atoms with E-state index in [1.165, 1.54) is 42.1 Å². The number of amides is 1. The normalized spacial score (nSPS) is 15.9. The number of pyridine rings is 1. The van der Waals surface area contributed by atoms with Crippen LogP contribution in [0.1, 0.15) is 42.1 Å². The van der Waals surface area contributed by atoms with Crippen LogP contribution in [0.4, 0.5) is 17.1 Å². The molecule has 148 valence electrons. The number of nitrogens with zero attached hydrogens (tertiary/aromatic N) is 2. The molecule has 6 rings (SSSR count). The molecular formula is C25H22N4O. The highest BCUT2D eigenvalue weighted by Gasteiger charge is 2.23. The molecule has 30 heavy (non-hydrogen) atoms. The van der Waals surface area contributed by atoms with Gasteiger partial charge in [-0.15, -0.1) is 0 Å². The molecule has 0 radical (unpaired) electrons. The maximum atomic E-state index is 12.7. The highest BCUT2D eigenvalue weighted by molar-refractivity contribution is 6.12. The van der Waals surface area contributed by atoms with E-state index in [0.717, 1.165) is 22.6 Å². The fraction of sp³-hybridized carbons (Fsp3) is 0.200. The van der Waals surface area contributed by atoms with E-state index in [0.29, 0.717) is 11.6 Å². The van der Waals surface area contributed by atoms with Crippen molar-refractivity contribution in [2.24, 2.45) is 0 Å². The van der Waals surface area contributed by atoms with Crippen LogP contribution >= 0.6 is 0 Å². The molecular weight excluding hydrogens is 372 g/mol. The molecule has 1 saturated carbocycles. The minimum Gasteiger partial charge on any atom is -0.353 e. The maximum Gasteiger partial charge on any atom is 0.257 e. The molecule has 0 atom stereocenters. The van der Waals surface area contributed by atoms with Crippen LogP contribution < -0.4 is 10.6 Å². The Morgan fingerprint density at radius 3 is 2.53 bits per heavy atom. The molecule has 4 aromatic rings. The van der Waals surface area contributed by atoms with Crippen molar-refractivity contribution in [3.8, 4) is 11.1 Å². The Balaban J connectivity index is 1.50. The SMILES string of the molecule is O=C1Nc2ccccc2Nc2cc(-c3cn(C4CCCC4)c4cnccc34)ccc21. The number of nitrogens with one attached hydrogen (secondary N) is 2. The van der Waals surface area contributed by atoms with Gasteiger partial charge < -0.3 is 15.2 Å². The predicted octanol–water partition coefficient (Wildman–Crippen LogP) is 6.13. The Morgan fingerprint density at radius 1 is 0.900 bits per heavy atom. The zero-order valence-electron chi connectivity index (χ0n) is 16.6. The molecule has 1 fully saturated rings. The number of para-hydroxylation sites is 2. The van der Waals surface area contributed by atoms with Crippen molar-refractivity contribution in [1.29, 1.82) is 0 Å². The summed E-state index contributed by atoms with van der Waals surface area (Å²) < 4.78 is 2.41. The molecule has 1 aliphatic heterocycles. The van der Waals surface area contributed by atoms with E-state index in [9.17, 15) is 4.79 Å². The highest BCUT2D eigenvalue weighted by atomic mass is 16.1. The van der Waals surface area contributed by atoms with Gasteiger partial charge >= 0.3 is 0 Å². The second-order valence-corrected chi connectivity index (χ2v) is 8.17. The average Bonchev–Trinajstić information content (AvgIpc) is 3.40. The van der Waals surface area contributed by atoms with Gasteiger partial charge in [0.25, 0.3) is 5.91 Å². The van der Waals surface area contributed by atoms with Crippen molar-refractivity contribution < 1.29 is 4.79 Å². The molecule has 2 aromatic heterocycles. The van der Waals surface area contributed by atoms with Gasteiger partial charge in [-0.2, -0.15) is 0 Å². The summed E-state index contributed by atoms with van der Waals surface area (Å²) in [7, 11) is 0. The number of anilines is 3. The summed E-state index contributed by atoms with van der Waals surface area (Å²) in [5.41, 5.74) is 6.64. The van der Waals surface area contributed by atoms with Gasteiger partial charge in [0.15, 0.2) is 0 Å². The fourth-order valence-corrected chi connectivity index (χ4v) is 4.86.